The van der Waals surface area contributed by atoms with E-state index in [9.17, 15) is 0 Å². The van der Waals surface area contributed by atoms with Gasteiger partial charge in [0.05, 0.1) is 29.4 Å². The first kappa shape index (κ1) is 16.9. The maximum Gasteiger partial charge on any atom is 0.118 e. The maximum atomic E-state index is 6.47. The third-order valence-electron chi connectivity index (χ3n) is 4.07. The predicted octanol–water partition coefficient (Wildman–Crippen LogP) is 6.20. The van der Waals surface area contributed by atoms with Crippen molar-refractivity contribution in [3.8, 4) is 5.75 Å². The van der Waals surface area contributed by atoms with E-state index in [4.69, 9.17) is 44.3 Å². The van der Waals surface area contributed by atoms with Crippen molar-refractivity contribution in [2.75, 3.05) is 7.11 Å². The van der Waals surface area contributed by atoms with Crippen LogP contribution in [-0.2, 0) is 4.74 Å². The normalized spacial score (nSPS) is 24.4. The summed E-state index contributed by atoms with van der Waals surface area (Å²) >= 11 is 18.6. The van der Waals surface area contributed by atoms with Crippen LogP contribution in [0.5, 0.6) is 5.75 Å². The second kappa shape index (κ2) is 7.31. The monoisotopic (exact) mass is 370 g/mol. The Morgan fingerprint density at radius 2 is 1.52 bits per heavy atom. The largest absolute Gasteiger partial charge is 0.497 e. The van der Waals surface area contributed by atoms with Crippen molar-refractivity contribution in [2.45, 2.75) is 30.4 Å². The third-order valence-corrected chi connectivity index (χ3v) is 5.17. The zero-order chi connectivity index (χ0) is 16.4. The van der Waals surface area contributed by atoms with Gasteiger partial charge < -0.3 is 9.47 Å². The molecule has 1 saturated heterocycles. The third kappa shape index (κ3) is 3.95. The minimum absolute atomic E-state index is 0.0448. The number of halogens is 3. The van der Waals surface area contributed by atoms with Crippen molar-refractivity contribution in [2.24, 2.45) is 0 Å². The van der Waals surface area contributed by atoms with Crippen molar-refractivity contribution in [1.29, 1.82) is 0 Å². The van der Waals surface area contributed by atoms with Gasteiger partial charge in [0.1, 0.15) is 5.75 Å². The van der Waals surface area contributed by atoms with Gasteiger partial charge in [-0.3, -0.25) is 0 Å². The lowest BCUT2D eigenvalue weighted by Crippen LogP contribution is -2.23. The van der Waals surface area contributed by atoms with Gasteiger partial charge in [0.15, 0.2) is 0 Å². The van der Waals surface area contributed by atoms with E-state index in [1.54, 1.807) is 13.2 Å². The van der Waals surface area contributed by atoms with Crippen LogP contribution in [0.1, 0.15) is 36.2 Å². The van der Waals surface area contributed by atoms with Gasteiger partial charge >= 0.3 is 0 Å². The van der Waals surface area contributed by atoms with E-state index in [0.717, 1.165) is 29.7 Å². The fraction of sp³-hybridized carbons (Fsp3) is 0.333. The molecule has 1 fully saturated rings. The number of methoxy groups -OCH3 is 1. The molecule has 2 aromatic carbocycles. The Bertz CT molecular complexity index is 672. The Kier molecular flexibility index (Phi) is 5.38. The van der Waals surface area contributed by atoms with E-state index in [1.165, 1.54) is 0 Å². The second-order valence-corrected chi connectivity index (χ2v) is 7.06. The number of alkyl halides is 1. The molecule has 3 rings (SSSR count). The van der Waals surface area contributed by atoms with Crippen molar-refractivity contribution in [3.63, 3.8) is 0 Å². The van der Waals surface area contributed by atoms with Crippen LogP contribution in [0.4, 0.5) is 0 Å². The highest BCUT2D eigenvalue weighted by Crippen LogP contribution is 2.42. The summed E-state index contributed by atoms with van der Waals surface area (Å²) in [6, 6.07) is 13.5. The first-order valence-corrected chi connectivity index (χ1v) is 8.64. The topological polar surface area (TPSA) is 18.5 Å². The molecule has 1 heterocycles. The Morgan fingerprint density at radius 1 is 0.913 bits per heavy atom. The molecule has 0 N–H and O–H groups in total. The first-order chi connectivity index (χ1) is 11.1. The van der Waals surface area contributed by atoms with E-state index in [2.05, 4.69) is 0 Å². The highest BCUT2D eigenvalue weighted by Gasteiger charge is 2.30. The molecule has 3 atom stereocenters. The molecule has 0 bridgehead atoms. The van der Waals surface area contributed by atoms with E-state index in [1.807, 2.05) is 36.4 Å². The maximum absolute atomic E-state index is 6.47. The van der Waals surface area contributed by atoms with Crippen LogP contribution in [0.15, 0.2) is 42.5 Å². The van der Waals surface area contributed by atoms with E-state index in [-0.39, 0.29) is 17.6 Å². The number of hydrogen-bond donors (Lipinski definition) is 0. The van der Waals surface area contributed by atoms with E-state index >= 15 is 0 Å². The molecule has 0 amide bonds. The average Bonchev–Trinajstić information content (AvgIpc) is 2.57. The fourth-order valence-electron chi connectivity index (χ4n) is 2.83. The Labute approximate surface area is 151 Å². The highest BCUT2D eigenvalue weighted by atomic mass is 35.5. The molecular weight excluding hydrogens is 355 g/mol. The van der Waals surface area contributed by atoms with Gasteiger partial charge in [-0.2, -0.15) is 0 Å². The van der Waals surface area contributed by atoms with Gasteiger partial charge in [-0.25, -0.2) is 0 Å². The molecular formula is C18H17Cl3O2. The summed E-state index contributed by atoms with van der Waals surface area (Å²) in [5, 5.41) is 1.13. The van der Waals surface area contributed by atoms with Crippen molar-refractivity contribution >= 4 is 34.8 Å². The van der Waals surface area contributed by atoms with Crippen LogP contribution < -0.4 is 4.74 Å². The van der Waals surface area contributed by atoms with Gasteiger partial charge in [-0.15, -0.1) is 11.6 Å². The summed E-state index contributed by atoms with van der Waals surface area (Å²) in [6.45, 7) is 0. The summed E-state index contributed by atoms with van der Waals surface area (Å²) < 4.78 is 11.5. The van der Waals surface area contributed by atoms with Gasteiger partial charge in [-0.05, 0) is 48.2 Å². The van der Waals surface area contributed by atoms with Crippen LogP contribution >= 0.6 is 34.8 Å². The number of rotatable bonds is 3. The Balaban J connectivity index is 1.81. The summed E-state index contributed by atoms with van der Waals surface area (Å²) in [4.78, 5) is 0. The van der Waals surface area contributed by atoms with Crippen LogP contribution in [-0.4, -0.2) is 12.5 Å². The van der Waals surface area contributed by atoms with Crippen molar-refractivity contribution in [1.82, 2.24) is 0 Å². The van der Waals surface area contributed by atoms with Gasteiger partial charge in [0.2, 0.25) is 0 Å². The van der Waals surface area contributed by atoms with Crippen molar-refractivity contribution < 1.29 is 9.47 Å². The molecule has 0 radical (unpaired) electrons. The molecule has 0 unspecified atom stereocenters. The lowest BCUT2D eigenvalue weighted by Gasteiger charge is -2.33. The summed E-state index contributed by atoms with van der Waals surface area (Å²) in [7, 11) is 1.65. The number of hydrogen-bond acceptors (Lipinski definition) is 2. The summed E-state index contributed by atoms with van der Waals surface area (Å²) in [6.07, 6.45) is 1.41. The van der Waals surface area contributed by atoms with E-state index < -0.39 is 0 Å². The SMILES string of the molecule is COc1ccc([C@@H]2C[C@H](Cl)C[C@H](c3ccc(Cl)c(Cl)c3)O2)cc1. The van der Waals surface area contributed by atoms with Crippen LogP contribution in [0, 0.1) is 0 Å². The first-order valence-electron chi connectivity index (χ1n) is 7.45. The fourth-order valence-corrected chi connectivity index (χ4v) is 3.46. The quantitative estimate of drug-likeness (QED) is 0.598. The minimum atomic E-state index is -0.0897. The molecule has 0 spiro atoms. The zero-order valence-electron chi connectivity index (χ0n) is 12.6. The molecule has 1 aliphatic rings. The number of ether oxygens (including phenoxy) is 2. The van der Waals surface area contributed by atoms with Gasteiger partial charge in [-0.1, -0.05) is 41.4 Å². The van der Waals surface area contributed by atoms with Crippen molar-refractivity contribution in [3.05, 3.63) is 63.6 Å². The highest BCUT2D eigenvalue weighted by molar-refractivity contribution is 6.42. The second-order valence-electron chi connectivity index (χ2n) is 5.63. The Hall–Kier alpha value is -0.930. The predicted molar refractivity (Wildman–Crippen MR) is 94.9 cm³/mol. The molecule has 0 aromatic heterocycles. The summed E-state index contributed by atoms with van der Waals surface area (Å²) in [5.74, 6) is 0.827. The molecule has 122 valence electrons. The van der Waals surface area contributed by atoms with Crippen LogP contribution in [0.2, 0.25) is 10.0 Å². The molecule has 0 aliphatic carbocycles. The minimum Gasteiger partial charge on any atom is -0.497 e. The molecule has 0 saturated carbocycles. The molecule has 5 heteroatoms. The van der Waals surface area contributed by atoms with Crippen LogP contribution in [0.25, 0.3) is 0 Å². The lowest BCUT2D eigenvalue weighted by atomic mass is 9.94. The zero-order valence-corrected chi connectivity index (χ0v) is 14.9. The standard InChI is InChI=1S/C18H17Cl3O2/c1-22-14-5-2-11(3-6-14)17-9-13(19)10-18(23-17)12-4-7-15(20)16(21)8-12/h2-8,13,17-18H,9-10H2,1H3/t13-,17-,18+/m0/s1. The summed E-state index contributed by atoms with van der Waals surface area (Å²) in [5.41, 5.74) is 2.10. The van der Waals surface area contributed by atoms with E-state index in [0.29, 0.717) is 10.0 Å². The molecule has 1 aliphatic heterocycles. The smallest absolute Gasteiger partial charge is 0.118 e. The average molecular weight is 372 g/mol. The lowest BCUT2D eigenvalue weighted by molar-refractivity contribution is -0.0516. The Morgan fingerprint density at radius 3 is 2.13 bits per heavy atom. The van der Waals surface area contributed by atoms with Gasteiger partial charge in [0, 0.05) is 5.38 Å². The number of benzene rings is 2. The van der Waals surface area contributed by atoms with Gasteiger partial charge in [0.25, 0.3) is 0 Å². The molecule has 2 aromatic rings. The molecule has 23 heavy (non-hydrogen) atoms. The van der Waals surface area contributed by atoms with Crippen LogP contribution in [0.3, 0.4) is 0 Å². The molecule has 2 nitrogen and oxygen atoms in total.